The zero-order valence-corrected chi connectivity index (χ0v) is 43.4. The van der Waals surface area contributed by atoms with Crippen LogP contribution in [0.3, 0.4) is 0 Å². The maximum Gasteiger partial charge on any atom is 0.315 e. The van der Waals surface area contributed by atoms with Crippen molar-refractivity contribution in [3.63, 3.8) is 0 Å². The molecule has 0 aromatic rings. The van der Waals surface area contributed by atoms with Gasteiger partial charge in [-0.2, -0.15) is 0 Å². The number of aliphatic hydroxyl groups excluding tert-OH is 13. The van der Waals surface area contributed by atoms with E-state index in [1.165, 1.54) is 5.57 Å². The molecule has 0 aromatic heterocycles. The van der Waals surface area contributed by atoms with Crippen LogP contribution in [-0.2, 0) is 42.7 Å². The highest BCUT2D eigenvalue weighted by Crippen LogP contribution is 2.76. The van der Waals surface area contributed by atoms with Gasteiger partial charge in [-0.3, -0.25) is 4.79 Å². The third kappa shape index (κ3) is 9.26. The Morgan fingerprint density at radius 1 is 0.622 bits per heavy atom. The van der Waals surface area contributed by atoms with Crippen LogP contribution in [0.5, 0.6) is 0 Å². The summed E-state index contributed by atoms with van der Waals surface area (Å²) in [5.41, 5.74) is -1.46. The number of carbonyl (C=O) groups is 1. The van der Waals surface area contributed by atoms with Crippen molar-refractivity contribution in [1.29, 1.82) is 0 Å². The van der Waals surface area contributed by atoms with Crippen molar-refractivity contribution >= 4 is 5.97 Å². The number of allylic oxidation sites excluding steroid dienone is 2. The summed E-state index contributed by atoms with van der Waals surface area (Å²) in [7, 11) is 0. The smallest absolute Gasteiger partial charge is 0.315 e. The number of hydrogen-bond donors (Lipinski definition) is 13. The molecule has 0 spiro atoms. The van der Waals surface area contributed by atoms with Crippen LogP contribution in [0, 0.1) is 50.2 Å². The van der Waals surface area contributed by atoms with Gasteiger partial charge in [0.25, 0.3) is 0 Å². The van der Waals surface area contributed by atoms with E-state index in [2.05, 4.69) is 40.7 Å². The fourth-order valence-corrected chi connectivity index (χ4v) is 15.9. The normalized spacial score (nSPS) is 54.4. The Kier molecular flexibility index (Phi) is 16.1. The molecule has 9 rings (SSSR count). The lowest BCUT2D eigenvalue weighted by atomic mass is 9.33. The minimum atomic E-state index is -1.87. The van der Waals surface area contributed by atoms with Gasteiger partial charge in [-0.1, -0.05) is 53.2 Å². The molecule has 4 heterocycles. The van der Waals surface area contributed by atoms with E-state index in [0.29, 0.717) is 32.1 Å². The molecule has 0 amide bonds. The molecule has 9 aliphatic rings. The van der Waals surface area contributed by atoms with Crippen molar-refractivity contribution in [3.05, 3.63) is 11.6 Å². The van der Waals surface area contributed by atoms with Gasteiger partial charge in [0, 0.05) is 5.41 Å². The predicted molar refractivity (Wildman–Crippen MR) is 252 cm³/mol. The SMILES string of the molecule is CC1(C)CC[C@]2(C(=O)O[C@@H]3O[C@H](CO[C@@H]4O[C@H](CO)[C@@H](O[C@@H]5OC[C@H](O)[C@H](O)[C@H]5O)[C@H](O)[C@H]4O)[C@@H](O)[C@H](O)[C@H]3O)CC[C@]3(C)C(=CC[C@@H]4[C@@]5(C)CC[C@H](O[C@@H]6OC[C@H](O)[C@H](O)[C@H]6O)[C@@](C)(CO)[C@@H]5CC[C@]43C)[C@@H]2C1. The summed E-state index contributed by atoms with van der Waals surface area (Å²) in [6.07, 6.45) is -20.0. The van der Waals surface area contributed by atoms with E-state index in [9.17, 15) is 66.4 Å². The highest BCUT2D eigenvalue weighted by Gasteiger charge is 2.70. The summed E-state index contributed by atoms with van der Waals surface area (Å²) in [4.78, 5) is 15.1. The molecule has 424 valence electrons. The van der Waals surface area contributed by atoms with Crippen molar-refractivity contribution in [2.75, 3.05) is 33.0 Å². The largest absolute Gasteiger partial charge is 0.432 e. The number of aliphatic hydroxyl groups is 13. The van der Waals surface area contributed by atoms with Crippen LogP contribution in [0.15, 0.2) is 11.6 Å². The number of esters is 1. The van der Waals surface area contributed by atoms with Gasteiger partial charge in [-0.05, 0) is 104 Å². The number of ether oxygens (including phenoxy) is 8. The molecule has 4 saturated heterocycles. The monoisotopic (exact) mass is 1060 g/mol. The summed E-state index contributed by atoms with van der Waals surface area (Å²) in [5.74, 6) is -0.611. The first-order valence-corrected chi connectivity index (χ1v) is 26.8. The molecular formula is C52H84O22. The first-order chi connectivity index (χ1) is 34.7. The Bertz CT molecular complexity index is 2030. The van der Waals surface area contributed by atoms with Crippen LogP contribution in [0.25, 0.3) is 0 Å². The van der Waals surface area contributed by atoms with Crippen LogP contribution < -0.4 is 0 Å². The Morgan fingerprint density at radius 2 is 1.22 bits per heavy atom. The first kappa shape index (κ1) is 57.1. The molecular weight excluding hydrogens is 977 g/mol. The van der Waals surface area contributed by atoms with Gasteiger partial charge in [0.1, 0.15) is 85.5 Å². The standard InChI is InChI=1S/C52H84O22/c1-47(2)13-15-52(46(66)74-45-39(64)35(60)34(59)28(71-45)21-69-42-40(65)36(61)41(27(18-53)70-42)73-44-38(63)33(58)26(56)20-68-44)16-14-50(5)23(24(52)17-47)7-8-30-48(3)11-10-31(72-43-37(62)32(57)25(55)19-67-43)49(4,22-54)29(48)9-12-51(30,50)6/h7,24-45,53-65H,8-22H2,1-6H3/t24-,25-,26-,27+,28+,29+,30+,31-,32-,33-,34+,35-,36+,37+,38+,39+,40+,41+,42+,43-,44-,45-,48-,49-,50+,51+,52-/m0/s1. The molecule has 0 aromatic carbocycles. The molecule has 0 bridgehead atoms. The predicted octanol–water partition coefficient (Wildman–Crippen LogP) is -1.78. The minimum absolute atomic E-state index is 0.0327. The van der Waals surface area contributed by atoms with E-state index in [4.69, 9.17) is 37.9 Å². The van der Waals surface area contributed by atoms with E-state index < -0.39 is 153 Å². The van der Waals surface area contributed by atoms with E-state index in [1.54, 1.807) is 0 Å². The molecule has 4 saturated carbocycles. The van der Waals surface area contributed by atoms with Gasteiger partial charge in [0.15, 0.2) is 18.9 Å². The van der Waals surface area contributed by atoms with Crippen molar-refractivity contribution in [2.45, 2.75) is 222 Å². The van der Waals surface area contributed by atoms with Crippen LogP contribution in [0.1, 0.15) is 106 Å². The molecule has 13 N–H and O–H groups in total. The highest BCUT2D eigenvalue weighted by molar-refractivity contribution is 5.79. The zero-order chi connectivity index (χ0) is 53.8. The summed E-state index contributed by atoms with van der Waals surface area (Å²) >= 11 is 0. The number of rotatable bonds is 11. The topological polar surface area (TPSA) is 354 Å². The lowest BCUT2D eigenvalue weighted by Gasteiger charge is -2.71. The fourth-order valence-electron chi connectivity index (χ4n) is 15.9. The second-order valence-corrected chi connectivity index (χ2v) is 25.3. The molecule has 22 nitrogen and oxygen atoms in total. The Morgan fingerprint density at radius 3 is 1.85 bits per heavy atom. The van der Waals surface area contributed by atoms with Crippen LogP contribution in [0.2, 0.25) is 0 Å². The molecule has 22 heteroatoms. The molecule has 27 atom stereocenters. The van der Waals surface area contributed by atoms with Gasteiger partial charge in [0.05, 0.1) is 44.6 Å². The van der Waals surface area contributed by atoms with Gasteiger partial charge in [-0.15, -0.1) is 0 Å². The van der Waals surface area contributed by atoms with Gasteiger partial charge >= 0.3 is 5.97 Å². The summed E-state index contributed by atoms with van der Waals surface area (Å²) in [5, 5.41) is 139. The molecule has 0 unspecified atom stereocenters. The van der Waals surface area contributed by atoms with E-state index in [-0.39, 0.29) is 52.6 Å². The van der Waals surface area contributed by atoms with Gasteiger partial charge in [0.2, 0.25) is 6.29 Å². The van der Waals surface area contributed by atoms with Gasteiger partial charge < -0.3 is 104 Å². The zero-order valence-electron chi connectivity index (χ0n) is 43.4. The lowest BCUT2D eigenvalue weighted by Crippen LogP contribution is -2.67. The summed E-state index contributed by atoms with van der Waals surface area (Å²) in [6.45, 7) is 11.4. The second kappa shape index (κ2) is 20.8. The van der Waals surface area contributed by atoms with E-state index in [0.717, 1.165) is 32.1 Å². The van der Waals surface area contributed by atoms with Crippen molar-refractivity contribution in [1.82, 2.24) is 0 Å². The Balaban J connectivity index is 0.900. The fraction of sp³-hybridized carbons (Fsp3) is 0.942. The molecule has 4 aliphatic heterocycles. The quantitative estimate of drug-likeness (QED) is 0.0618. The third-order valence-corrected chi connectivity index (χ3v) is 20.8. The minimum Gasteiger partial charge on any atom is -0.432 e. The van der Waals surface area contributed by atoms with Crippen molar-refractivity contribution < 1.29 is 109 Å². The molecule has 8 fully saturated rings. The van der Waals surface area contributed by atoms with Crippen molar-refractivity contribution in [3.8, 4) is 0 Å². The van der Waals surface area contributed by atoms with Gasteiger partial charge in [-0.25, -0.2) is 0 Å². The van der Waals surface area contributed by atoms with Crippen molar-refractivity contribution in [2.24, 2.45) is 50.2 Å². The van der Waals surface area contributed by atoms with Crippen LogP contribution >= 0.6 is 0 Å². The second-order valence-electron chi connectivity index (χ2n) is 25.3. The highest BCUT2D eigenvalue weighted by atomic mass is 16.8. The average Bonchev–Trinajstić information content (AvgIpc) is 3.39. The number of fused-ring (bicyclic) bond motifs is 7. The van der Waals surface area contributed by atoms with Crippen LogP contribution in [-0.4, -0.2) is 222 Å². The van der Waals surface area contributed by atoms with E-state index >= 15 is 4.79 Å². The summed E-state index contributed by atoms with van der Waals surface area (Å²) < 4.78 is 46.6. The Labute approximate surface area is 431 Å². The Hall–Kier alpha value is -1.59. The van der Waals surface area contributed by atoms with Crippen LogP contribution in [0.4, 0.5) is 0 Å². The number of carbonyl (C=O) groups excluding carboxylic acids is 1. The molecule has 5 aliphatic carbocycles. The maximum absolute atomic E-state index is 15.1. The number of hydrogen-bond acceptors (Lipinski definition) is 22. The lowest BCUT2D eigenvalue weighted by molar-refractivity contribution is -0.355. The average molecular weight is 1060 g/mol. The molecule has 0 radical (unpaired) electrons. The summed E-state index contributed by atoms with van der Waals surface area (Å²) in [6, 6.07) is 0. The maximum atomic E-state index is 15.1. The van der Waals surface area contributed by atoms with E-state index in [1.807, 2.05) is 6.92 Å². The third-order valence-electron chi connectivity index (χ3n) is 20.8. The molecule has 74 heavy (non-hydrogen) atoms. The first-order valence-electron chi connectivity index (χ1n) is 26.8.